The van der Waals surface area contributed by atoms with Gasteiger partial charge in [0.2, 0.25) is 5.91 Å². The molecule has 6 nitrogen and oxygen atoms in total. The highest BCUT2D eigenvalue weighted by atomic mass is 32.2. The molecule has 108 valence electrons. The molecule has 4 N–H and O–H groups in total. The lowest BCUT2D eigenvalue weighted by molar-refractivity contribution is -0.122. The van der Waals surface area contributed by atoms with Crippen molar-refractivity contribution in [1.29, 1.82) is 0 Å². The number of carbonyl (C=O) groups is 1. The van der Waals surface area contributed by atoms with Gasteiger partial charge in [-0.15, -0.1) is 0 Å². The number of nitrogen functional groups attached to an aromatic ring is 1. The van der Waals surface area contributed by atoms with Crippen molar-refractivity contribution < 1.29 is 9.90 Å². The molecule has 0 saturated carbocycles. The topological polar surface area (TPSA) is 93.2 Å². The maximum absolute atomic E-state index is 11.9. The van der Waals surface area contributed by atoms with Gasteiger partial charge in [-0.05, 0) is 27.0 Å². The van der Waals surface area contributed by atoms with Crippen LogP contribution in [-0.4, -0.2) is 44.9 Å². The first-order valence-electron chi connectivity index (χ1n) is 6.13. The minimum atomic E-state index is -0.134. The molecule has 0 aliphatic heterocycles. The summed E-state index contributed by atoms with van der Waals surface area (Å²) >= 11 is 1.53. The van der Waals surface area contributed by atoms with Crippen molar-refractivity contribution in [2.24, 2.45) is 0 Å². The van der Waals surface area contributed by atoms with Crippen molar-refractivity contribution >= 4 is 23.4 Å². The lowest BCUT2D eigenvalue weighted by Gasteiger charge is -2.21. The second-order valence-electron chi connectivity index (χ2n) is 4.56. The van der Waals surface area contributed by atoms with Gasteiger partial charge in [0.1, 0.15) is 6.54 Å². The van der Waals surface area contributed by atoms with Gasteiger partial charge >= 0.3 is 0 Å². The normalized spacial score (nSPS) is 14.2. The molecule has 1 aromatic rings. The van der Waals surface area contributed by atoms with Crippen LogP contribution in [0.5, 0.6) is 0 Å². The number of aromatic nitrogens is 2. The minimum absolute atomic E-state index is 0.00512. The zero-order valence-corrected chi connectivity index (χ0v) is 12.6. The van der Waals surface area contributed by atoms with E-state index in [1.165, 1.54) is 11.8 Å². The standard InChI is InChI=1S/C12H22N4O2S/c1-7(10(6-17)19-4)14-11(18)5-16-9(3)12(13)8(2)15-16/h7,10,17H,5-6,13H2,1-4H3,(H,14,18). The van der Waals surface area contributed by atoms with Crippen LogP contribution in [0.3, 0.4) is 0 Å². The van der Waals surface area contributed by atoms with Crippen molar-refractivity contribution in [3.63, 3.8) is 0 Å². The van der Waals surface area contributed by atoms with Gasteiger partial charge in [-0.25, -0.2) is 0 Å². The van der Waals surface area contributed by atoms with Gasteiger partial charge in [0.25, 0.3) is 0 Å². The Bertz CT molecular complexity index is 443. The molecule has 0 aliphatic carbocycles. The van der Waals surface area contributed by atoms with Crippen LogP contribution < -0.4 is 11.1 Å². The molecule has 0 radical (unpaired) electrons. The lowest BCUT2D eigenvalue weighted by Crippen LogP contribution is -2.42. The molecule has 19 heavy (non-hydrogen) atoms. The Kier molecular flexibility index (Phi) is 5.68. The Morgan fingerprint density at radius 2 is 2.21 bits per heavy atom. The van der Waals surface area contributed by atoms with Crippen molar-refractivity contribution in [3.8, 4) is 0 Å². The number of nitrogens with zero attached hydrogens (tertiary/aromatic N) is 2. The zero-order valence-electron chi connectivity index (χ0n) is 11.8. The van der Waals surface area contributed by atoms with Crippen LogP contribution in [0.1, 0.15) is 18.3 Å². The third-order valence-corrected chi connectivity index (χ3v) is 4.32. The maximum atomic E-state index is 11.9. The fourth-order valence-corrected chi connectivity index (χ4v) is 2.46. The molecule has 0 aliphatic rings. The molecule has 1 aromatic heterocycles. The number of hydrogen-bond acceptors (Lipinski definition) is 5. The lowest BCUT2D eigenvalue weighted by atomic mass is 10.2. The molecular weight excluding hydrogens is 264 g/mol. The maximum Gasteiger partial charge on any atom is 0.241 e. The molecule has 1 heterocycles. The molecule has 1 amide bonds. The van der Waals surface area contributed by atoms with Crippen LogP contribution in [0, 0.1) is 13.8 Å². The summed E-state index contributed by atoms with van der Waals surface area (Å²) in [6.07, 6.45) is 1.91. The number of carbonyl (C=O) groups excluding carboxylic acids is 1. The summed E-state index contributed by atoms with van der Waals surface area (Å²) < 4.78 is 1.60. The van der Waals surface area contributed by atoms with Gasteiger partial charge in [0, 0.05) is 11.3 Å². The van der Waals surface area contributed by atoms with Crippen LogP contribution in [0.4, 0.5) is 5.69 Å². The number of anilines is 1. The van der Waals surface area contributed by atoms with Gasteiger partial charge in [-0.2, -0.15) is 16.9 Å². The molecule has 2 unspecified atom stereocenters. The van der Waals surface area contributed by atoms with Gasteiger partial charge in [0.15, 0.2) is 0 Å². The first kappa shape index (κ1) is 15.8. The predicted octanol–water partition coefficient (Wildman–Crippen LogP) is 0.311. The van der Waals surface area contributed by atoms with E-state index < -0.39 is 0 Å². The van der Waals surface area contributed by atoms with E-state index in [1.807, 2.05) is 27.0 Å². The molecule has 0 saturated heterocycles. The van der Waals surface area contributed by atoms with E-state index in [1.54, 1.807) is 4.68 Å². The SMILES string of the molecule is CSC(CO)C(C)NC(=O)Cn1nc(C)c(N)c1C. The summed E-state index contributed by atoms with van der Waals surface area (Å²) in [6, 6.07) is -0.0955. The third kappa shape index (κ3) is 3.87. The Morgan fingerprint density at radius 3 is 2.63 bits per heavy atom. The molecule has 7 heteroatoms. The Morgan fingerprint density at radius 1 is 1.58 bits per heavy atom. The number of aliphatic hydroxyl groups excluding tert-OH is 1. The molecule has 0 fully saturated rings. The summed E-state index contributed by atoms with van der Waals surface area (Å²) in [4.78, 5) is 11.9. The number of hydrogen-bond donors (Lipinski definition) is 3. The monoisotopic (exact) mass is 286 g/mol. The van der Waals surface area contributed by atoms with Crippen LogP contribution in [0.25, 0.3) is 0 Å². The molecule has 0 bridgehead atoms. The van der Waals surface area contributed by atoms with E-state index in [9.17, 15) is 9.90 Å². The van der Waals surface area contributed by atoms with E-state index in [0.717, 1.165) is 11.4 Å². The Hall–Kier alpha value is -1.21. The van der Waals surface area contributed by atoms with Crippen molar-refractivity contribution in [2.45, 2.75) is 38.6 Å². The van der Waals surface area contributed by atoms with Crippen LogP contribution in [-0.2, 0) is 11.3 Å². The number of aliphatic hydroxyl groups is 1. The second kappa shape index (κ2) is 6.81. The molecule has 1 rings (SSSR count). The van der Waals surface area contributed by atoms with Crippen molar-refractivity contribution in [3.05, 3.63) is 11.4 Å². The van der Waals surface area contributed by atoms with Crippen molar-refractivity contribution in [1.82, 2.24) is 15.1 Å². The highest BCUT2D eigenvalue weighted by Crippen LogP contribution is 2.14. The highest BCUT2D eigenvalue weighted by Gasteiger charge is 2.18. The Balaban J connectivity index is 2.62. The second-order valence-corrected chi connectivity index (χ2v) is 5.63. The average molecular weight is 286 g/mol. The number of thioether (sulfide) groups is 1. The molecular formula is C12H22N4O2S. The minimum Gasteiger partial charge on any atom is -0.396 e. The summed E-state index contributed by atoms with van der Waals surface area (Å²) in [5.74, 6) is -0.134. The van der Waals surface area contributed by atoms with Gasteiger partial charge in [0.05, 0.1) is 23.7 Å². The van der Waals surface area contributed by atoms with Gasteiger partial charge in [-0.3, -0.25) is 9.48 Å². The van der Waals surface area contributed by atoms with E-state index in [2.05, 4.69) is 10.4 Å². The fraction of sp³-hybridized carbons (Fsp3) is 0.667. The quantitative estimate of drug-likeness (QED) is 0.700. The van der Waals surface area contributed by atoms with E-state index in [-0.39, 0.29) is 30.4 Å². The number of amides is 1. The van der Waals surface area contributed by atoms with Crippen LogP contribution in [0.15, 0.2) is 0 Å². The summed E-state index contributed by atoms with van der Waals surface area (Å²) in [7, 11) is 0. The smallest absolute Gasteiger partial charge is 0.241 e. The number of nitrogens with one attached hydrogen (secondary N) is 1. The Labute approximate surface area is 117 Å². The van der Waals surface area contributed by atoms with E-state index in [4.69, 9.17) is 5.73 Å². The largest absolute Gasteiger partial charge is 0.396 e. The third-order valence-electron chi connectivity index (χ3n) is 3.16. The summed E-state index contributed by atoms with van der Waals surface area (Å²) in [6.45, 7) is 5.71. The zero-order chi connectivity index (χ0) is 14.6. The predicted molar refractivity (Wildman–Crippen MR) is 78.1 cm³/mol. The summed E-state index contributed by atoms with van der Waals surface area (Å²) in [5.41, 5.74) is 7.97. The van der Waals surface area contributed by atoms with Crippen LogP contribution >= 0.6 is 11.8 Å². The van der Waals surface area contributed by atoms with Crippen LogP contribution in [0.2, 0.25) is 0 Å². The molecule has 2 atom stereocenters. The number of nitrogens with two attached hydrogens (primary N) is 1. The number of rotatable bonds is 6. The number of aryl methyl sites for hydroxylation is 1. The first-order valence-corrected chi connectivity index (χ1v) is 7.42. The molecule has 0 spiro atoms. The van der Waals surface area contributed by atoms with E-state index >= 15 is 0 Å². The van der Waals surface area contributed by atoms with Crippen molar-refractivity contribution in [2.75, 3.05) is 18.6 Å². The average Bonchev–Trinajstić information content (AvgIpc) is 2.58. The van der Waals surface area contributed by atoms with E-state index in [0.29, 0.717) is 5.69 Å². The molecule has 0 aromatic carbocycles. The summed E-state index contributed by atoms with van der Waals surface area (Å²) in [5, 5.41) is 16.3. The fourth-order valence-electron chi connectivity index (χ4n) is 1.83. The first-order chi connectivity index (χ1) is 8.90. The van der Waals surface area contributed by atoms with Gasteiger partial charge < -0.3 is 16.2 Å². The van der Waals surface area contributed by atoms with Gasteiger partial charge in [-0.1, -0.05) is 0 Å². The highest BCUT2D eigenvalue weighted by molar-refractivity contribution is 7.99.